The molecular weight excluding hydrogens is 402 g/mol. The van der Waals surface area contributed by atoms with Crippen molar-refractivity contribution in [3.63, 3.8) is 0 Å². The van der Waals surface area contributed by atoms with Crippen molar-refractivity contribution in [2.75, 3.05) is 30.9 Å². The quantitative estimate of drug-likeness (QED) is 0.482. The van der Waals surface area contributed by atoms with Crippen LogP contribution in [-0.4, -0.2) is 40.9 Å². The lowest BCUT2D eigenvalue weighted by Gasteiger charge is -2.18. The van der Waals surface area contributed by atoms with Gasteiger partial charge in [-0.3, -0.25) is 24.1 Å². The van der Waals surface area contributed by atoms with Gasteiger partial charge in [-0.05, 0) is 30.3 Å². The van der Waals surface area contributed by atoms with Gasteiger partial charge in [0.05, 0.1) is 24.3 Å². The molecule has 0 saturated heterocycles. The maximum absolute atomic E-state index is 12.5. The molecule has 0 aliphatic rings. The SMILES string of the molecule is COc1ccc(Cl)cc1NC(=O)CN(C)c1nc2ccccn2c(=O)c1[N+](=O)[O-]. The van der Waals surface area contributed by atoms with Gasteiger partial charge in [0.2, 0.25) is 11.7 Å². The number of aromatic nitrogens is 2. The molecule has 1 aromatic carbocycles. The van der Waals surface area contributed by atoms with E-state index in [0.717, 1.165) is 4.40 Å². The van der Waals surface area contributed by atoms with Crippen LogP contribution in [0.4, 0.5) is 17.2 Å². The number of amides is 1. The number of halogens is 1. The summed E-state index contributed by atoms with van der Waals surface area (Å²) in [6.45, 7) is -0.300. The zero-order valence-electron chi connectivity index (χ0n) is 15.5. The lowest BCUT2D eigenvalue weighted by atomic mass is 10.3. The second-order valence-corrected chi connectivity index (χ2v) is 6.46. The molecule has 2 heterocycles. The number of nitro groups is 1. The summed E-state index contributed by atoms with van der Waals surface area (Å²) in [5.41, 5.74) is -0.981. The third-order valence-electron chi connectivity index (χ3n) is 4.05. The zero-order valence-corrected chi connectivity index (χ0v) is 16.2. The van der Waals surface area contributed by atoms with Crippen molar-refractivity contribution < 1.29 is 14.5 Å². The van der Waals surface area contributed by atoms with Crippen LogP contribution in [0.25, 0.3) is 5.65 Å². The standard InChI is InChI=1S/C18H16ClN5O5/c1-22(10-15(25)20-12-9-11(19)6-7-13(12)29-2)17-16(24(27)28)18(26)23-8-4-3-5-14(23)21-17/h3-9H,10H2,1-2H3,(H,20,25). The van der Waals surface area contributed by atoms with Crippen molar-refractivity contribution in [3.8, 4) is 5.75 Å². The number of carbonyl (C=O) groups excluding carboxylic acids is 1. The van der Waals surface area contributed by atoms with Gasteiger partial charge in [0.15, 0.2) is 0 Å². The molecular formula is C18H16ClN5O5. The fraction of sp³-hybridized carbons (Fsp3) is 0.167. The second-order valence-electron chi connectivity index (χ2n) is 6.02. The van der Waals surface area contributed by atoms with Gasteiger partial charge in [0.25, 0.3) is 0 Å². The smallest absolute Gasteiger partial charge is 0.376 e. The highest BCUT2D eigenvalue weighted by atomic mass is 35.5. The minimum absolute atomic E-state index is 0.209. The van der Waals surface area contributed by atoms with Crippen LogP contribution in [0.2, 0.25) is 5.02 Å². The van der Waals surface area contributed by atoms with E-state index in [-0.39, 0.29) is 18.0 Å². The predicted octanol–water partition coefficient (Wildman–Crippen LogP) is 2.34. The van der Waals surface area contributed by atoms with Gasteiger partial charge in [-0.15, -0.1) is 0 Å². The number of rotatable bonds is 6. The largest absolute Gasteiger partial charge is 0.495 e. The van der Waals surface area contributed by atoms with Crippen molar-refractivity contribution in [3.05, 3.63) is 68.1 Å². The normalized spacial score (nSPS) is 10.6. The van der Waals surface area contributed by atoms with Gasteiger partial charge >= 0.3 is 11.2 Å². The highest BCUT2D eigenvalue weighted by Crippen LogP contribution is 2.28. The summed E-state index contributed by atoms with van der Waals surface area (Å²) in [5, 5.41) is 14.5. The summed E-state index contributed by atoms with van der Waals surface area (Å²) < 4.78 is 6.25. The highest BCUT2D eigenvalue weighted by molar-refractivity contribution is 6.31. The maximum Gasteiger partial charge on any atom is 0.376 e. The van der Waals surface area contributed by atoms with Crippen LogP contribution in [-0.2, 0) is 4.79 Å². The summed E-state index contributed by atoms with van der Waals surface area (Å²) >= 11 is 5.95. The molecule has 3 rings (SSSR count). The van der Waals surface area contributed by atoms with Gasteiger partial charge in [-0.2, -0.15) is 0 Å². The molecule has 0 radical (unpaired) electrons. The molecule has 0 saturated carbocycles. The van der Waals surface area contributed by atoms with Crippen molar-refractivity contribution in [1.82, 2.24) is 9.38 Å². The average molecular weight is 418 g/mol. The van der Waals surface area contributed by atoms with Gasteiger partial charge in [-0.1, -0.05) is 17.7 Å². The molecule has 0 aliphatic carbocycles. The Hall–Kier alpha value is -3.66. The Labute approximate surface area is 169 Å². The van der Waals surface area contributed by atoms with Crippen LogP contribution in [0.3, 0.4) is 0 Å². The summed E-state index contributed by atoms with van der Waals surface area (Å²) in [5.74, 6) is -0.310. The Morgan fingerprint density at radius 1 is 1.38 bits per heavy atom. The Balaban J connectivity index is 1.92. The molecule has 1 amide bonds. The lowest BCUT2D eigenvalue weighted by molar-refractivity contribution is -0.385. The third-order valence-corrected chi connectivity index (χ3v) is 4.29. The van der Waals surface area contributed by atoms with Crippen LogP contribution in [0.1, 0.15) is 0 Å². The highest BCUT2D eigenvalue weighted by Gasteiger charge is 2.27. The Morgan fingerprint density at radius 3 is 2.83 bits per heavy atom. The van der Waals surface area contributed by atoms with E-state index in [4.69, 9.17) is 16.3 Å². The monoisotopic (exact) mass is 417 g/mol. The van der Waals surface area contributed by atoms with E-state index in [9.17, 15) is 19.7 Å². The number of ether oxygens (including phenoxy) is 1. The minimum atomic E-state index is -0.834. The summed E-state index contributed by atoms with van der Waals surface area (Å²) in [7, 11) is 2.88. The number of pyridine rings is 1. The molecule has 0 unspecified atom stereocenters. The number of benzene rings is 1. The van der Waals surface area contributed by atoms with Crippen molar-refractivity contribution in [2.24, 2.45) is 0 Å². The number of methoxy groups -OCH3 is 1. The van der Waals surface area contributed by atoms with Crippen LogP contribution >= 0.6 is 11.6 Å². The topological polar surface area (TPSA) is 119 Å². The van der Waals surface area contributed by atoms with E-state index in [2.05, 4.69) is 10.3 Å². The van der Waals surface area contributed by atoms with Crippen LogP contribution < -0.4 is 20.5 Å². The van der Waals surface area contributed by atoms with Gasteiger partial charge in [0, 0.05) is 18.3 Å². The first-order valence-electron chi connectivity index (χ1n) is 8.32. The number of fused-ring (bicyclic) bond motifs is 1. The first-order chi connectivity index (χ1) is 13.8. The molecule has 29 heavy (non-hydrogen) atoms. The van der Waals surface area contributed by atoms with Crippen molar-refractivity contribution >= 4 is 40.3 Å². The number of hydrogen-bond acceptors (Lipinski definition) is 7. The van der Waals surface area contributed by atoms with Crippen molar-refractivity contribution in [2.45, 2.75) is 0 Å². The number of hydrogen-bond donors (Lipinski definition) is 1. The molecule has 1 N–H and O–H groups in total. The molecule has 3 aromatic rings. The fourth-order valence-electron chi connectivity index (χ4n) is 2.75. The lowest BCUT2D eigenvalue weighted by Crippen LogP contribution is -2.33. The fourth-order valence-corrected chi connectivity index (χ4v) is 2.92. The zero-order chi connectivity index (χ0) is 21.1. The summed E-state index contributed by atoms with van der Waals surface area (Å²) in [6, 6.07) is 9.47. The van der Waals surface area contributed by atoms with Crippen LogP contribution in [0.15, 0.2) is 47.4 Å². The van der Waals surface area contributed by atoms with E-state index in [1.54, 1.807) is 30.3 Å². The summed E-state index contributed by atoms with van der Waals surface area (Å²) in [4.78, 5) is 41.1. The number of likely N-dealkylation sites (N-methyl/N-ethyl adjacent to an activating group) is 1. The molecule has 150 valence electrons. The number of nitrogens with zero attached hydrogens (tertiary/aromatic N) is 4. The molecule has 10 nitrogen and oxygen atoms in total. The van der Waals surface area contributed by atoms with E-state index < -0.39 is 22.1 Å². The number of nitrogens with one attached hydrogen (secondary N) is 1. The van der Waals surface area contributed by atoms with E-state index in [0.29, 0.717) is 16.5 Å². The maximum atomic E-state index is 12.5. The molecule has 2 aromatic heterocycles. The van der Waals surface area contributed by atoms with E-state index in [1.165, 1.54) is 31.3 Å². The first-order valence-corrected chi connectivity index (χ1v) is 8.70. The first kappa shape index (κ1) is 20.1. The van der Waals surface area contributed by atoms with Gasteiger partial charge in [0.1, 0.15) is 11.4 Å². The van der Waals surface area contributed by atoms with Gasteiger partial charge in [-0.25, -0.2) is 4.98 Å². The third kappa shape index (κ3) is 4.11. The molecule has 0 spiro atoms. The molecule has 0 aliphatic heterocycles. The predicted molar refractivity (Wildman–Crippen MR) is 108 cm³/mol. The second kappa shape index (κ2) is 8.15. The molecule has 0 fully saturated rings. The minimum Gasteiger partial charge on any atom is -0.495 e. The van der Waals surface area contributed by atoms with Crippen molar-refractivity contribution in [1.29, 1.82) is 0 Å². The van der Waals surface area contributed by atoms with Gasteiger partial charge < -0.3 is 15.0 Å². The van der Waals surface area contributed by atoms with E-state index >= 15 is 0 Å². The average Bonchev–Trinajstić information content (AvgIpc) is 2.67. The number of anilines is 2. The van der Waals surface area contributed by atoms with E-state index in [1.807, 2.05) is 0 Å². The molecule has 11 heteroatoms. The van der Waals surface area contributed by atoms with Crippen LogP contribution in [0.5, 0.6) is 5.75 Å². The molecule has 0 atom stereocenters. The Kier molecular flexibility index (Phi) is 5.64. The Bertz CT molecular complexity index is 1160. The molecule has 0 bridgehead atoms. The van der Waals surface area contributed by atoms with Crippen LogP contribution in [0, 0.1) is 10.1 Å². The summed E-state index contributed by atoms with van der Waals surface area (Å²) in [6.07, 6.45) is 1.39. The number of carbonyl (C=O) groups is 1. The Morgan fingerprint density at radius 2 is 2.14 bits per heavy atom.